The highest BCUT2D eigenvalue weighted by atomic mass is 32.2. The number of aromatic nitrogens is 2. The number of rotatable bonds is 5. The zero-order valence-electron chi connectivity index (χ0n) is 13.5. The van der Waals surface area contributed by atoms with Crippen LogP contribution in [-0.2, 0) is 28.5 Å². The van der Waals surface area contributed by atoms with Gasteiger partial charge in [-0.1, -0.05) is 0 Å². The Morgan fingerprint density at radius 3 is 2.48 bits per heavy atom. The molecule has 2 saturated heterocycles. The van der Waals surface area contributed by atoms with Gasteiger partial charge in [0.1, 0.15) is 0 Å². The minimum absolute atomic E-state index is 0.348. The van der Waals surface area contributed by atoms with E-state index in [1.807, 2.05) is 17.8 Å². The summed E-state index contributed by atoms with van der Waals surface area (Å²) < 4.78 is 35.4. The fourth-order valence-electron chi connectivity index (χ4n) is 3.05. The van der Waals surface area contributed by atoms with Gasteiger partial charge in [0.15, 0.2) is 0 Å². The van der Waals surface area contributed by atoms with Crippen molar-refractivity contribution < 1.29 is 13.2 Å². The smallest absolute Gasteiger partial charge is 0.282 e. The van der Waals surface area contributed by atoms with Crippen LogP contribution in [0.5, 0.6) is 0 Å². The van der Waals surface area contributed by atoms with Crippen LogP contribution in [0, 0.1) is 0 Å². The minimum Gasteiger partial charge on any atom is -0.379 e. The predicted octanol–water partition coefficient (Wildman–Crippen LogP) is -0.449. The first kappa shape index (κ1) is 16.8. The van der Waals surface area contributed by atoms with E-state index in [4.69, 9.17) is 4.74 Å². The van der Waals surface area contributed by atoms with Gasteiger partial charge in [0.25, 0.3) is 10.2 Å². The number of morpholine rings is 1. The van der Waals surface area contributed by atoms with Crippen LogP contribution in [0.15, 0.2) is 12.3 Å². The van der Waals surface area contributed by atoms with Crippen LogP contribution in [-0.4, -0.2) is 72.2 Å². The van der Waals surface area contributed by atoms with Crippen molar-refractivity contribution >= 4 is 10.2 Å². The first-order valence-electron chi connectivity index (χ1n) is 8.10. The molecular formula is C14H25N5O3S. The zero-order chi connectivity index (χ0) is 16.3. The van der Waals surface area contributed by atoms with Crippen LogP contribution in [0.4, 0.5) is 0 Å². The van der Waals surface area contributed by atoms with Crippen molar-refractivity contribution in [2.24, 2.45) is 7.05 Å². The van der Waals surface area contributed by atoms with E-state index >= 15 is 0 Å². The first-order valence-corrected chi connectivity index (χ1v) is 9.50. The van der Waals surface area contributed by atoms with Crippen molar-refractivity contribution in [3.8, 4) is 0 Å². The first-order chi connectivity index (χ1) is 11.1. The molecule has 0 bridgehead atoms. The Morgan fingerprint density at radius 1 is 1.22 bits per heavy atom. The third-order valence-electron chi connectivity index (χ3n) is 4.57. The summed E-state index contributed by atoms with van der Waals surface area (Å²) in [5.41, 5.74) is 1.13. The van der Waals surface area contributed by atoms with Crippen LogP contribution in [0.25, 0.3) is 0 Å². The second kappa shape index (κ2) is 7.27. The van der Waals surface area contributed by atoms with E-state index in [1.165, 1.54) is 0 Å². The number of piperidine rings is 1. The maximum absolute atomic E-state index is 12.6. The number of nitrogens with one attached hydrogen (secondary N) is 1. The molecule has 1 aromatic rings. The minimum atomic E-state index is -3.33. The van der Waals surface area contributed by atoms with Crippen molar-refractivity contribution in [2.45, 2.75) is 25.4 Å². The summed E-state index contributed by atoms with van der Waals surface area (Å²) in [5, 5.41) is 7.65. The molecule has 8 nitrogen and oxygen atoms in total. The molecular weight excluding hydrogens is 318 g/mol. The van der Waals surface area contributed by atoms with Gasteiger partial charge in [-0.25, -0.2) is 0 Å². The fraction of sp³-hybridized carbons (Fsp3) is 0.786. The van der Waals surface area contributed by atoms with E-state index in [9.17, 15) is 8.42 Å². The molecule has 130 valence electrons. The molecule has 23 heavy (non-hydrogen) atoms. The molecule has 0 spiro atoms. The Morgan fingerprint density at radius 2 is 1.87 bits per heavy atom. The van der Waals surface area contributed by atoms with Gasteiger partial charge in [-0.15, -0.1) is 0 Å². The van der Waals surface area contributed by atoms with Gasteiger partial charge in [-0.2, -0.15) is 22.1 Å². The van der Waals surface area contributed by atoms with Crippen LogP contribution in [0.1, 0.15) is 18.5 Å². The maximum Gasteiger partial charge on any atom is 0.282 e. The Kier molecular flexibility index (Phi) is 5.32. The van der Waals surface area contributed by atoms with Gasteiger partial charge in [0.05, 0.1) is 18.9 Å². The lowest BCUT2D eigenvalue weighted by Crippen LogP contribution is -2.52. The predicted molar refractivity (Wildman–Crippen MR) is 86.0 cm³/mol. The van der Waals surface area contributed by atoms with Crippen molar-refractivity contribution in [1.29, 1.82) is 0 Å². The third kappa shape index (κ3) is 3.92. The summed E-state index contributed by atoms with van der Waals surface area (Å²) in [6, 6.07) is 2.34. The topological polar surface area (TPSA) is 79.7 Å². The average Bonchev–Trinajstić information content (AvgIpc) is 2.99. The molecule has 0 radical (unpaired) electrons. The van der Waals surface area contributed by atoms with Crippen LogP contribution in [0.2, 0.25) is 0 Å². The molecule has 0 unspecified atom stereocenters. The Labute approximate surface area is 137 Å². The summed E-state index contributed by atoms with van der Waals surface area (Å²) in [5.74, 6) is 0. The molecule has 0 atom stereocenters. The van der Waals surface area contributed by atoms with Crippen molar-refractivity contribution in [3.05, 3.63) is 18.0 Å². The highest BCUT2D eigenvalue weighted by Gasteiger charge is 2.33. The summed E-state index contributed by atoms with van der Waals surface area (Å²) in [6.45, 7) is 3.80. The molecule has 3 heterocycles. The zero-order valence-corrected chi connectivity index (χ0v) is 14.3. The van der Waals surface area contributed by atoms with Crippen LogP contribution < -0.4 is 5.32 Å². The molecule has 0 saturated carbocycles. The van der Waals surface area contributed by atoms with E-state index < -0.39 is 10.2 Å². The molecule has 2 aliphatic rings. The SMILES string of the molecule is Cn1nccc1CNC1CCN(S(=O)(=O)N2CCOCC2)CC1. The molecule has 0 aromatic carbocycles. The fourth-order valence-corrected chi connectivity index (χ4v) is 4.66. The number of hydrogen-bond donors (Lipinski definition) is 1. The largest absolute Gasteiger partial charge is 0.379 e. The molecule has 0 aliphatic carbocycles. The molecule has 2 fully saturated rings. The average molecular weight is 343 g/mol. The summed E-state index contributed by atoms with van der Waals surface area (Å²) in [6.07, 6.45) is 3.46. The summed E-state index contributed by atoms with van der Waals surface area (Å²) in [4.78, 5) is 0. The summed E-state index contributed by atoms with van der Waals surface area (Å²) in [7, 11) is -1.40. The van der Waals surface area contributed by atoms with E-state index in [2.05, 4.69) is 10.4 Å². The van der Waals surface area contributed by atoms with Gasteiger partial charge in [0.2, 0.25) is 0 Å². The molecule has 9 heteroatoms. The van der Waals surface area contributed by atoms with Gasteiger partial charge in [-0.3, -0.25) is 4.68 Å². The second-order valence-electron chi connectivity index (χ2n) is 6.02. The summed E-state index contributed by atoms with van der Waals surface area (Å²) >= 11 is 0. The number of hydrogen-bond acceptors (Lipinski definition) is 5. The quantitative estimate of drug-likeness (QED) is 0.783. The number of ether oxygens (including phenoxy) is 1. The molecule has 1 aromatic heterocycles. The monoisotopic (exact) mass is 343 g/mol. The Balaban J connectivity index is 1.49. The highest BCUT2D eigenvalue weighted by Crippen LogP contribution is 2.18. The van der Waals surface area contributed by atoms with Gasteiger partial charge in [0, 0.05) is 52.0 Å². The maximum atomic E-state index is 12.6. The van der Waals surface area contributed by atoms with E-state index in [0.29, 0.717) is 45.4 Å². The van der Waals surface area contributed by atoms with Gasteiger partial charge >= 0.3 is 0 Å². The molecule has 3 rings (SSSR count). The Bertz CT molecular complexity index is 604. The highest BCUT2D eigenvalue weighted by molar-refractivity contribution is 7.86. The third-order valence-corrected chi connectivity index (χ3v) is 6.61. The normalized spacial score (nSPS) is 22.5. The van der Waals surface area contributed by atoms with E-state index in [-0.39, 0.29) is 0 Å². The van der Waals surface area contributed by atoms with Crippen LogP contribution in [0.3, 0.4) is 0 Å². The van der Waals surface area contributed by atoms with Gasteiger partial charge in [-0.05, 0) is 18.9 Å². The van der Waals surface area contributed by atoms with E-state index in [1.54, 1.807) is 14.8 Å². The van der Waals surface area contributed by atoms with Crippen molar-refractivity contribution in [2.75, 3.05) is 39.4 Å². The van der Waals surface area contributed by atoms with Gasteiger partial charge < -0.3 is 10.1 Å². The molecule has 2 aliphatic heterocycles. The Hall–Kier alpha value is -1.00. The molecule has 0 amide bonds. The molecule has 1 N–H and O–H groups in total. The standard InChI is InChI=1S/C14H25N5O3S/c1-17-14(2-5-16-17)12-15-13-3-6-18(7-4-13)23(20,21)19-8-10-22-11-9-19/h2,5,13,15H,3-4,6-12H2,1H3. The van der Waals surface area contributed by atoms with Crippen LogP contribution >= 0.6 is 0 Å². The van der Waals surface area contributed by atoms with E-state index in [0.717, 1.165) is 25.1 Å². The lowest BCUT2D eigenvalue weighted by atomic mass is 10.1. The lowest BCUT2D eigenvalue weighted by Gasteiger charge is -2.36. The number of aryl methyl sites for hydroxylation is 1. The lowest BCUT2D eigenvalue weighted by molar-refractivity contribution is 0.0695. The van der Waals surface area contributed by atoms with Crippen molar-refractivity contribution in [3.63, 3.8) is 0 Å². The number of nitrogens with zero attached hydrogens (tertiary/aromatic N) is 4. The second-order valence-corrected chi connectivity index (χ2v) is 7.95. The van der Waals surface area contributed by atoms with Crippen molar-refractivity contribution in [1.82, 2.24) is 23.7 Å².